The molecule has 0 bridgehead atoms. The lowest BCUT2D eigenvalue weighted by molar-refractivity contribution is -0.143. The van der Waals surface area contributed by atoms with Gasteiger partial charge in [-0.15, -0.1) is 11.8 Å². The number of amides is 2. The number of hydrogen-bond acceptors (Lipinski definition) is 4. The highest BCUT2D eigenvalue weighted by atomic mass is 32.2. The Kier molecular flexibility index (Phi) is 7.73. The number of thioether (sulfide) groups is 1. The van der Waals surface area contributed by atoms with Gasteiger partial charge in [-0.1, -0.05) is 48.5 Å². The Balaban J connectivity index is 1.36. The topological polar surface area (TPSA) is 63.6 Å². The van der Waals surface area contributed by atoms with Crippen LogP contribution >= 0.6 is 11.8 Å². The predicted molar refractivity (Wildman–Crippen MR) is 132 cm³/mol. The van der Waals surface area contributed by atoms with Crippen molar-refractivity contribution >= 4 is 34.5 Å². The number of carbonyl (C=O) groups excluding carboxylic acids is 2. The summed E-state index contributed by atoms with van der Waals surface area (Å²) in [6.07, 6.45) is 2.91. The number of fused-ring (bicyclic) bond motifs is 1. The maximum Gasteiger partial charge on any atom is 0.242 e. The normalized spacial score (nSPS) is 18.4. The fourth-order valence-corrected chi connectivity index (χ4v) is 5.19. The Hall–Kier alpha value is -2.77. The van der Waals surface area contributed by atoms with Crippen molar-refractivity contribution in [3.63, 3.8) is 0 Å². The fourth-order valence-electron chi connectivity index (χ4n) is 4.27. The average molecular weight is 466 g/mol. The van der Waals surface area contributed by atoms with E-state index in [4.69, 9.17) is 4.74 Å². The summed E-state index contributed by atoms with van der Waals surface area (Å²) in [5.41, 5.74) is 2.22. The number of morpholine rings is 1. The number of benzene rings is 2. The summed E-state index contributed by atoms with van der Waals surface area (Å²) in [4.78, 5) is 28.3. The summed E-state index contributed by atoms with van der Waals surface area (Å²) in [6.45, 7) is 6.14. The molecule has 1 aliphatic rings. The highest BCUT2D eigenvalue weighted by Crippen LogP contribution is 2.30. The summed E-state index contributed by atoms with van der Waals surface area (Å²) >= 11 is 1.51. The van der Waals surface area contributed by atoms with Gasteiger partial charge in [0.15, 0.2) is 0 Å². The average Bonchev–Trinajstić information content (AvgIpc) is 3.15. The minimum absolute atomic E-state index is 0.0140. The summed E-state index contributed by atoms with van der Waals surface area (Å²) in [5.74, 6) is 0.447. The summed E-state index contributed by atoms with van der Waals surface area (Å²) in [6, 6.07) is 18.2. The zero-order chi connectivity index (χ0) is 23.2. The van der Waals surface area contributed by atoms with Gasteiger partial charge in [0, 0.05) is 41.6 Å². The fraction of sp³-hybridized carbons (Fsp3) is 0.385. The van der Waals surface area contributed by atoms with Gasteiger partial charge in [-0.2, -0.15) is 0 Å². The van der Waals surface area contributed by atoms with E-state index < -0.39 is 0 Å². The molecule has 2 unspecified atom stereocenters. The van der Waals surface area contributed by atoms with E-state index in [0.717, 1.165) is 22.2 Å². The quantitative estimate of drug-likeness (QED) is 0.515. The summed E-state index contributed by atoms with van der Waals surface area (Å²) in [5, 5.41) is 4.07. The smallest absolute Gasteiger partial charge is 0.242 e. The van der Waals surface area contributed by atoms with Gasteiger partial charge in [0.05, 0.1) is 18.0 Å². The molecule has 33 heavy (non-hydrogen) atoms. The van der Waals surface area contributed by atoms with Crippen LogP contribution < -0.4 is 5.32 Å². The number of hydrogen-bond donors (Lipinski definition) is 1. The maximum absolute atomic E-state index is 13.0. The lowest BCUT2D eigenvalue weighted by Crippen LogP contribution is -2.49. The van der Waals surface area contributed by atoms with E-state index in [-0.39, 0.29) is 30.6 Å². The standard InChI is InChI=1S/C26H31N3O3S/c1-19-14-29(15-20(2)32-19)26(31)17-28-16-24(22-10-6-7-11-23(22)28)33-18-25(30)27-13-12-21-8-4-3-5-9-21/h3-11,16,19-20H,12-15,17-18H2,1-2H3,(H,27,30). The Morgan fingerprint density at radius 1 is 1.03 bits per heavy atom. The largest absolute Gasteiger partial charge is 0.372 e. The van der Waals surface area contributed by atoms with E-state index in [0.29, 0.717) is 25.4 Å². The molecule has 1 N–H and O–H groups in total. The number of rotatable bonds is 8. The molecule has 0 saturated carbocycles. The van der Waals surface area contributed by atoms with Gasteiger partial charge >= 0.3 is 0 Å². The van der Waals surface area contributed by atoms with E-state index >= 15 is 0 Å². The SMILES string of the molecule is CC1CN(C(=O)Cn2cc(SCC(=O)NCCc3ccccc3)c3ccccc32)CC(C)O1. The van der Waals surface area contributed by atoms with Gasteiger partial charge in [-0.05, 0) is 31.9 Å². The number of ether oxygens (including phenoxy) is 1. The lowest BCUT2D eigenvalue weighted by Gasteiger charge is -2.35. The third-order valence-electron chi connectivity index (χ3n) is 5.77. The second kappa shape index (κ2) is 10.9. The van der Waals surface area contributed by atoms with E-state index in [1.54, 1.807) is 0 Å². The second-order valence-corrected chi connectivity index (χ2v) is 9.59. The van der Waals surface area contributed by atoms with E-state index in [2.05, 4.69) is 17.4 Å². The molecule has 0 aliphatic carbocycles. The van der Waals surface area contributed by atoms with E-state index in [1.165, 1.54) is 17.3 Å². The first-order chi connectivity index (χ1) is 16.0. The maximum atomic E-state index is 13.0. The molecule has 0 spiro atoms. The van der Waals surface area contributed by atoms with Crippen LogP contribution in [0.3, 0.4) is 0 Å². The summed E-state index contributed by atoms with van der Waals surface area (Å²) in [7, 11) is 0. The van der Waals surface area contributed by atoms with Gasteiger partial charge < -0.3 is 19.5 Å². The number of para-hydroxylation sites is 1. The number of nitrogens with one attached hydrogen (secondary N) is 1. The zero-order valence-corrected chi connectivity index (χ0v) is 20.0. The molecule has 2 aromatic carbocycles. The van der Waals surface area contributed by atoms with Crippen molar-refractivity contribution in [3.8, 4) is 0 Å². The van der Waals surface area contributed by atoms with Crippen LogP contribution in [0.25, 0.3) is 10.9 Å². The summed E-state index contributed by atoms with van der Waals surface area (Å²) < 4.78 is 7.75. The molecule has 1 saturated heterocycles. The number of aromatic nitrogens is 1. The molecule has 6 nitrogen and oxygen atoms in total. The van der Waals surface area contributed by atoms with E-state index in [1.807, 2.05) is 72.0 Å². The number of nitrogens with zero attached hydrogens (tertiary/aromatic N) is 2. The van der Waals surface area contributed by atoms with Crippen molar-refractivity contribution in [2.45, 2.75) is 43.9 Å². The van der Waals surface area contributed by atoms with Gasteiger partial charge in [0.25, 0.3) is 0 Å². The molecule has 7 heteroatoms. The molecular weight excluding hydrogens is 434 g/mol. The molecule has 0 radical (unpaired) electrons. The van der Waals surface area contributed by atoms with Gasteiger partial charge in [-0.25, -0.2) is 0 Å². The van der Waals surface area contributed by atoms with Crippen LogP contribution in [-0.2, 0) is 27.3 Å². The van der Waals surface area contributed by atoms with Gasteiger partial charge in [0.1, 0.15) is 6.54 Å². The molecule has 1 aliphatic heterocycles. The zero-order valence-electron chi connectivity index (χ0n) is 19.2. The Labute approximate surface area is 199 Å². The molecule has 1 aromatic heterocycles. The molecule has 2 amide bonds. The monoisotopic (exact) mass is 465 g/mol. The van der Waals surface area contributed by atoms with Crippen LogP contribution in [0.4, 0.5) is 0 Å². The van der Waals surface area contributed by atoms with Crippen LogP contribution in [0.1, 0.15) is 19.4 Å². The van der Waals surface area contributed by atoms with Crippen LogP contribution in [-0.4, -0.2) is 58.9 Å². The predicted octanol–water partition coefficient (Wildman–Crippen LogP) is 3.73. The van der Waals surface area contributed by atoms with Crippen molar-refractivity contribution in [1.29, 1.82) is 0 Å². The molecule has 2 atom stereocenters. The van der Waals surface area contributed by atoms with Crippen molar-refractivity contribution in [1.82, 2.24) is 14.8 Å². The molecule has 2 heterocycles. The van der Waals surface area contributed by atoms with Crippen molar-refractivity contribution in [2.24, 2.45) is 0 Å². The van der Waals surface area contributed by atoms with Gasteiger partial charge in [-0.3, -0.25) is 9.59 Å². The third kappa shape index (κ3) is 6.18. The molecule has 3 aromatic rings. The Morgan fingerprint density at radius 3 is 2.48 bits per heavy atom. The molecule has 174 valence electrons. The lowest BCUT2D eigenvalue weighted by atomic mass is 10.1. The Bertz CT molecular complexity index is 1090. The van der Waals surface area contributed by atoms with Crippen LogP contribution in [0.2, 0.25) is 0 Å². The van der Waals surface area contributed by atoms with Gasteiger partial charge in [0.2, 0.25) is 11.8 Å². The van der Waals surface area contributed by atoms with Crippen molar-refractivity contribution in [2.75, 3.05) is 25.4 Å². The minimum atomic E-state index is 0.0140. The van der Waals surface area contributed by atoms with Crippen molar-refractivity contribution in [3.05, 3.63) is 66.4 Å². The minimum Gasteiger partial charge on any atom is -0.372 e. The highest BCUT2D eigenvalue weighted by molar-refractivity contribution is 8.00. The molecule has 4 rings (SSSR count). The van der Waals surface area contributed by atoms with E-state index in [9.17, 15) is 9.59 Å². The second-order valence-electron chi connectivity index (χ2n) is 8.57. The third-order valence-corrected chi connectivity index (χ3v) is 6.81. The van der Waals surface area contributed by atoms with Crippen LogP contribution in [0, 0.1) is 0 Å². The molecule has 1 fully saturated rings. The van der Waals surface area contributed by atoms with Crippen molar-refractivity contribution < 1.29 is 14.3 Å². The highest BCUT2D eigenvalue weighted by Gasteiger charge is 2.26. The number of carbonyl (C=O) groups is 2. The molecular formula is C26H31N3O3S. The van der Waals surface area contributed by atoms with Crippen LogP contribution in [0.15, 0.2) is 65.7 Å². The first-order valence-electron chi connectivity index (χ1n) is 11.4. The Morgan fingerprint density at radius 2 is 1.73 bits per heavy atom. The first kappa shape index (κ1) is 23.4. The van der Waals surface area contributed by atoms with Crippen LogP contribution in [0.5, 0.6) is 0 Å². The first-order valence-corrected chi connectivity index (χ1v) is 12.4.